The third-order valence-corrected chi connectivity index (χ3v) is 3.46. The summed E-state index contributed by atoms with van der Waals surface area (Å²) in [7, 11) is 0. The summed E-state index contributed by atoms with van der Waals surface area (Å²) in [5.41, 5.74) is 0.748. The first-order valence-electron chi connectivity index (χ1n) is 6.29. The maximum Gasteiger partial charge on any atom is 0.288 e. The topological polar surface area (TPSA) is 72.2 Å². The van der Waals surface area contributed by atoms with E-state index in [-0.39, 0.29) is 22.3 Å². The summed E-state index contributed by atoms with van der Waals surface area (Å²) in [6.07, 6.45) is 0. The van der Waals surface area contributed by atoms with E-state index in [1.807, 2.05) is 37.3 Å². The minimum atomic E-state index is -0.611. The maximum absolute atomic E-state index is 12.2. The van der Waals surface area contributed by atoms with Gasteiger partial charge in [-0.2, -0.15) is 0 Å². The molecule has 0 spiro atoms. The predicted octanol–water partition coefficient (Wildman–Crippen LogP) is 3.74. The first kappa shape index (κ1) is 15.0. The highest BCUT2D eigenvalue weighted by Gasteiger charge is 2.21. The SMILES string of the molecule is C[C@@H](NC(=O)c1cccc([N+](=O)[O-])c1Cl)c1ccccc1. The second kappa shape index (κ2) is 6.37. The smallest absolute Gasteiger partial charge is 0.288 e. The monoisotopic (exact) mass is 304 g/mol. The van der Waals surface area contributed by atoms with Gasteiger partial charge in [-0.25, -0.2) is 0 Å². The van der Waals surface area contributed by atoms with Crippen LogP contribution >= 0.6 is 11.6 Å². The number of hydrogen-bond acceptors (Lipinski definition) is 3. The summed E-state index contributed by atoms with van der Waals surface area (Å²) in [6, 6.07) is 13.3. The van der Waals surface area contributed by atoms with Gasteiger partial charge in [-0.1, -0.05) is 48.0 Å². The number of amides is 1. The molecule has 0 saturated heterocycles. The Morgan fingerprint density at radius 3 is 2.48 bits per heavy atom. The Bertz CT molecular complexity index is 674. The van der Waals surface area contributed by atoms with Gasteiger partial charge in [-0.05, 0) is 18.6 Å². The molecule has 0 saturated carbocycles. The fourth-order valence-electron chi connectivity index (χ4n) is 1.94. The lowest BCUT2D eigenvalue weighted by Crippen LogP contribution is -2.27. The molecule has 0 aliphatic carbocycles. The van der Waals surface area contributed by atoms with Crippen LogP contribution < -0.4 is 5.32 Å². The van der Waals surface area contributed by atoms with E-state index >= 15 is 0 Å². The molecule has 108 valence electrons. The van der Waals surface area contributed by atoms with E-state index in [2.05, 4.69) is 5.32 Å². The summed E-state index contributed by atoms with van der Waals surface area (Å²) in [4.78, 5) is 22.4. The zero-order valence-corrected chi connectivity index (χ0v) is 12.0. The van der Waals surface area contributed by atoms with Crippen molar-refractivity contribution >= 4 is 23.2 Å². The first-order chi connectivity index (χ1) is 10.0. The van der Waals surface area contributed by atoms with Crippen LogP contribution in [0, 0.1) is 10.1 Å². The van der Waals surface area contributed by atoms with Gasteiger partial charge in [-0.15, -0.1) is 0 Å². The molecule has 1 amide bonds. The van der Waals surface area contributed by atoms with Crippen molar-refractivity contribution in [2.45, 2.75) is 13.0 Å². The van der Waals surface area contributed by atoms with Crippen LogP contribution in [-0.2, 0) is 0 Å². The van der Waals surface area contributed by atoms with Gasteiger partial charge >= 0.3 is 0 Å². The molecule has 21 heavy (non-hydrogen) atoms. The predicted molar refractivity (Wildman–Crippen MR) is 80.4 cm³/mol. The zero-order valence-electron chi connectivity index (χ0n) is 11.2. The van der Waals surface area contributed by atoms with Gasteiger partial charge in [0.15, 0.2) is 0 Å². The van der Waals surface area contributed by atoms with E-state index < -0.39 is 10.8 Å². The van der Waals surface area contributed by atoms with E-state index in [4.69, 9.17) is 11.6 Å². The van der Waals surface area contributed by atoms with Crippen molar-refractivity contribution < 1.29 is 9.72 Å². The molecule has 0 bridgehead atoms. The fraction of sp³-hybridized carbons (Fsp3) is 0.133. The zero-order chi connectivity index (χ0) is 15.4. The molecule has 0 unspecified atom stereocenters. The van der Waals surface area contributed by atoms with Gasteiger partial charge in [0.05, 0.1) is 16.5 Å². The molecule has 0 aromatic heterocycles. The second-order valence-electron chi connectivity index (χ2n) is 4.50. The van der Waals surface area contributed by atoms with E-state index in [1.54, 1.807) is 0 Å². The largest absolute Gasteiger partial charge is 0.345 e. The van der Waals surface area contributed by atoms with Crippen LogP contribution in [0.5, 0.6) is 0 Å². The molecule has 5 nitrogen and oxygen atoms in total. The van der Waals surface area contributed by atoms with Crippen molar-refractivity contribution in [3.63, 3.8) is 0 Å². The highest BCUT2D eigenvalue weighted by molar-refractivity contribution is 6.35. The quantitative estimate of drug-likeness (QED) is 0.691. The van der Waals surface area contributed by atoms with Crippen molar-refractivity contribution in [2.75, 3.05) is 0 Å². The van der Waals surface area contributed by atoms with E-state index in [0.29, 0.717) is 0 Å². The van der Waals surface area contributed by atoms with Gasteiger partial charge in [0.25, 0.3) is 11.6 Å². The number of nitro groups is 1. The number of carbonyl (C=O) groups excluding carboxylic acids is 1. The number of carbonyl (C=O) groups is 1. The number of nitrogens with one attached hydrogen (secondary N) is 1. The van der Waals surface area contributed by atoms with E-state index in [1.165, 1.54) is 18.2 Å². The van der Waals surface area contributed by atoms with E-state index in [9.17, 15) is 14.9 Å². The average Bonchev–Trinajstić information content (AvgIpc) is 2.47. The maximum atomic E-state index is 12.2. The molecule has 0 aliphatic rings. The molecule has 0 aliphatic heterocycles. The number of rotatable bonds is 4. The van der Waals surface area contributed by atoms with Gasteiger partial charge < -0.3 is 5.32 Å². The summed E-state index contributed by atoms with van der Waals surface area (Å²) >= 11 is 5.93. The fourth-order valence-corrected chi connectivity index (χ4v) is 2.22. The standard InChI is InChI=1S/C15H13ClN2O3/c1-10(11-6-3-2-4-7-11)17-15(19)12-8-5-9-13(14(12)16)18(20)21/h2-10H,1H3,(H,17,19)/t10-/m1/s1. The van der Waals surface area contributed by atoms with Crippen molar-refractivity contribution in [1.82, 2.24) is 5.32 Å². The van der Waals surface area contributed by atoms with Crippen LogP contribution in [0.15, 0.2) is 48.5 Å². The number of hydrogen-bond donors (Lipinski definition) is 1. The van der Waals surface area contributed by atoms with Crippen molar-refractivity contribution in [3.05, 3.63) is 74.8 Å². The highest BCUT2D eigenvalue weighted by atomic mass is 35.5. The molecule has 2 aromatic carbocycles. The Morgan fingerprint density at radius 1 is 1.19 bits per heavy atom. The Hall–Kier alpha value is -2.40. The summed E-state index contributed by atoms with van der Waals surface area (Å²) in [5, 5.41) is 13.5. The lowest BCUT2D eigenvalue weighted by atomic mass is 10.1. The molecule has 0 fully saturated rings. The summed E-state index contributed by atoms with van der Waals surface area (Å²) in [6.45, 7) is 1.83. The van der Waals surface area contributed by atoms with Crippen LogP contribution in [0.1, 0.15) is 28.9 Å². The van der Waals surface area contributed by atoms with Gasteiger partial charge in [0.2, 0.25) is 0 Å². The van der Waals surface area contributed by atoms with Gasteiger partial charge in [0.1, 0.15) is 5.02 Å². The number of halogens is 1. The Kier molecular flexibility index (Phi) is 4.55. The Balaban J connectivity index is 2.22. The third-order valence-electron chi connectivity index (χ3n) is 3.07. The van der Waals surface area contributed by atoms with Crippen LogP contribution in [0.4, 0.5) is 5.69 Å². The second-order valence-corrected chi connectivity index (χ2v) is 4.88. The molecule has 2 aromatic rings. The molecule has 6 heteroatoms. The Morgan fingerprint density at radius 2 is 1.86 bits per heavy atom. The summed E-state index contributed by atoms with van der Waals surface area (Å²) < 4.78 is 0. The Labute approximate surface area is 126 Å². The third kappa shape index (κ3) is 3.38. The molecular formula is C15H13ClN2O3. The number of nitro benzene ring substituents is 1. The minimum absolute atomic E-state index is 0.0913. The average molecular weight is 305 g/mol. The summed E-state index contributed by atoms with van der Waals surface area (Å²) in [5.74, 6) is -0.444. The van der Waals surface area contributed by atoms with Crippen molar-refractivity contribution in [2.24, 2.45) is 0 Å². The molecular weight excluding hydrogens is 292 g/mol. The molecule has 0 radical (unpaired) electrons. The van der Waals surface area contributed by atoms with Crippen LogP contribution in [0.2, 0.25) is 5.02 Å². The van der Waals surface area contributed by atoms with Crippen molar-refractivity contribution in [1.29, 1.82) is 0 Å². The van der Waals surface area contributed by atoms with Crippen molar-refractivity contribution in [3.8, 4) is 0 Å². The van der Waals surface area contributed by atoms with Crippen LogP contribution in [0.25, 0.3) is 0 Å². The van der Waals surface area contributed by atoms with Gasteiger partial charge in [0, 0.05) is 6.07 Å². The molecule has 2 rings (SSSR count). The van der Waals surface area contributed by atoms with Crippen LogP contribution in [-0.4, -0.2) is 10.8 Å². The minimum Gasteiger partial charge on any atom is -0.345 e. The van der Waals surface area contributed by atoms with Crippen LogP contribution in [0.3, 0.4) is 0 Å². The lowest BCUT2D eigenvalue weighted by molar-refractivity contribution is -0.384. The first-order valence-corrected chi connectivity index (χ1v) is 6.67. The number of benzene rings is 2. The molecule has 1 N–H and O–H groups in total. The van der Waals surface area contributed by atoms with E-state index in [0.717, 1.165) is 5.56 Å². The van der Waals surface area contributed by atoms with Gasteiger partial charge in [-0.3, -0.25) is 14.9 Å². The lowest BCUT2D eigenvalue weighted by Gasteiger charge is -2.14. The highest BCUT2D eigenvalue weighted by Crippen LogP contribution is 2.28. The number of nitrogens with zero attached hydrogens (tertiary/aromatic N) is 1. The molecule has 1 atom stereocenters. The normalized spacial score (nSPS) is 11.7. The molecule has 0 heterocycles.